The standard InChI is InChI=1S/C16H15N5O5/c1-20(2)19-13(15(22)12-4-3-7-26-12)14-16(23)18-11-8-9(21(24)25)5-6-10(11)17-14/h3-8,15,22H,1-2H3,(H,18,23)/b19-13+/t15-/m0/s1. The molecule has 134 valence electrons. The molecule has 1 aromatic carbocycles. The summed E-state index contributed by atoms with van der Waals surface area (Å²) in [5.41, 5.74) is -0.381. The van der Waals surface area contributed by atoms with Crippen molar-refractivity contribution >= 4 is 22.4 Å². The number of aromatic nitrogens is 2. The highest BCUT2D eigenvalue weighted by atomic mass is 16.6. The first-order chi connectivity index (χ1) is 12.4. The molecule has 10 nitrogen and oxygen atoms in total. The molecule has 1 atom stereocenters. The molecule has 0 amide bonds. The minimum absolute atomic E-state index is 0.00791. The predicted octanol–water partition coefficient (Wildman–Crippen LogP) is 1.42. The van der Waals surface area contributed by atoms with E-state index in [0.717, 1.165) is 0 Å². The number of H-pyrrole nitrogens is 1. The second-order valence-corrected chi connectivity index (χ2v) is 5.62. The molecule has 0 unspecified atom stereocenters. The Bertz CT molecular complexity index is 1040. The number of benzene rings is 1. The van der Waals surface area contributed by atoms with Crippen LogP contribution in [0, 0.1) is 10.1 Å². The van der Waals surface area contributed by atoms with Crippen molar-refractivity contribution in [2.24, 2.45) is 5.10 Å². The van der Waals surface area contributed by atoms with Crippen LogP contribution in [-0.4, -0.2) is 44.8 Å². The zero-order chi connectivity index (χ0) is 18.8. The molecule has 0 saturated carbocycles. The summed E-state index contributed by atoms with van der Waals surface area (Å²) in [5, 5.41) is 27.0. The lowest BCUT2D eigenvalue weighted by atomic mass is 10.1. The van der Waals surface area contributed by atoms with E-state index in [4.69, 9.17) is 4.42 Å². The topological polar surface area (TPSA) is 138 Å². The molecule has 0 bridgehead atoms. The maximum atomic E-state index is 12.5. The smallest absolute Gasteiger partial charge is 0.276 e. The van der Waals surface area contributed by atoms with Crippen LogP contribution in [-0.2, 0) is 0 Å². The summed E-state index contributed by atoms with van der Waals surface area (Å²) >= 11 is 0. The second-order valence-electron chi connectivity index (χ2n) is 5.62. The van der Waals surface area contributed by atoms with E-state index in [1.54, 1.807) is 26.2 Å². The Morgan fingerprint density at radius 3 is 2.81 bits per heavy atom. The van der Waals surface area contributed by atoms with Crippen LogP contribution < -0.4 is 5.56 Å². The quantitative estimate of drug-likeness (QED) is 0.400. The number of nitrogens with zero attached hydrogens (tertiary/aromatic N) is 4. The van der Waals surface area contributed by atoms with Gasteiger partial charge in [-0.1, -0.05) is 0 Å². The number of nitro benzene ring substituents is 1. The third-order valence-corrected chi connectivity index (χ3v) is 3.51. The lowest BCUT2D eigenvalue weighted by molar-refractivity contribution is -0.384. The summed E-state index contributed by atoms with van der Waals surface area (Å²) in [5.74, 6) is 0.204. The fourth-order valence-electron chi connectivity index (χ4n) is 2.39. The molecule has 0 radical (unpaired) electrons. The SMILES string of the molecule is CN(C)/N=C(\c1nc2ccc([N+](=O)[O-])cc2[nH]c1=O)[C@@H](O)c1ccco1. The van der Waals surface area contributed by atoms with Crippen LogP contribution in [0.25, 0.3) is 11.0 Å². The number of aliphatic hydroxyl groups excluding tert-OH is 1. The number of rotatable bonds is 5. The first kappa shape index (κ1) is 17.3. The molecule has 0 saturated heterocycles. The lowest BCUT2D eigenvalue weighted by Gasteiger charge is -2.14. The monoisotopic (exact) mass is 357 g/mol. The van der Waals surface area contributed by atoms with Gasteiger partial charge in [-0.05, 0) is 18.2 Å². The molecule has 2 aromatic heterocycles. The number of hydrogen-bond acceptors (Lipinski definition) is 8. The van der Waals surface area contributed by atoms with Crippen molar-refractivity contribution in [2.45, 2.75) is 6.10 Å². The van der Waals surface area contributed by atoms with Gasteiger partial charge >= 0.3 is 0 Å². The van der Waals surface area contributed by atoms with E-state index in [1.165, 1.54) is 29.5 Å². The number of nitrogens with one attached hydrogen (secondary N) is 1. The molecule has 0 spiro atoms. The van der Waals surface area contributed by atoms with Gasteiger partial charge in [-0.3, -0.25) is 14.9 Å². The van der Waals surface area contributed by atoms with Gasteiger partial charge in [-0.2, -0.15) is 5.10 Å². The Morgan fingerprint density at radius 1 is 1.42 bits per heavy atom. The highest BCUT2D eigenvalue weighted by molar-refractivity contribution is 6.03. The number of aliphatic hydroxyl groups is 1. The van der Waals surface area contributed by atoms with Gasteiger partial charge in [0, 0.05) is 26.2 Å². The van der Waals surface area contributed by atoms with Crippen LogP contribution >= 0.6 is 0 Å². The van der Waals surface area contributed by atoms with Crippen molar-refractivity contribution < 1.29 is 14.4 Å². The number of non-ortho nitro benzene ring substituents is 1. The minimum atomic E-state index is -1.31. The number of nitro groups is 1. The fraction of sp³-hybridized carbons (Fsp3) is 0.188. The van der Waals surface area contributed by atoms with Gasteiger partial charge in [-0.15, -0.1) is 0 Å². The van der Waals surface area contributed by atoms with E-state index in [2.05, 4.69) is 15.1 Å². The summed E-state index contributed by atoms with van der Waals surface area (Å²) in [6.07, 6.45) is 0.0831. The Kier molecular flexibility index (Phi) is 4.50. The molecule has 3 rings (SSSR count). The summed E-state index contributed by atoms with van der Waals surface area (Å²) in [6.45, 7) is 0. The van der Waals surface area contributed by atoms with Crippen LogP contribution in [0.2, 0.25) is 0 Å². The van der Waals surface area contributed by atoms with Crippen LogP contribution in [0.15, 0.2) is 50.9 Å². The maximum Gasteiger partial charge on any atom is 0.276 e. The zero-order valence-electron chi connectivity index (χ0n) is 13.9. The van der Waals surface area contributed by atoms with E-state index < -0.39 is 16.6 Å². The molecule has 0 aliphatic carbocycles. The summed E-state index contributed by atoms with van der Waals surface area (Å²) < 4.78 is 5.18. The van der Waals surface area contributed by atoms with Gasteiger partial charge in [0.25, 0.3) is 11.2 Å². The van der Waals surface area contributed by atoms with Gasteiger partial charge in [0.2, 0.25) is 0 Å². The third-order valence-electron chi connectivity index (χ3n) is 3.51. The second kappa shape index (κ2) is 6.76. The van der Waals surface area contributed by atoms with E-state index >= 15 is 0 Å². The van der Waals surface area contributed by atoms with Gasteiger partial charge in [0.15, 0.2) is 11.8 Å². The normalized spacial score (nSPS) is 13.0. The van der Waals surface area contributed by atoms with Gasteiger partial charge in [0.1, 0.15) is 11.5 Å². The predicted molar refractivity (Wildman–Crippen MR) is 92.9 cm³/mol. The Hall–Kier alpha value is -3.53. The lowest BCUT2D eigenvalue weighted by Crippen LogP contribution is -2.27. The molecular formula is C16H15N5O5. The molecule has 3 aromatic rings. The number of hydrazone groups is 1. The van der Waals surface area contributed by atoms with Crippen molar-refractivity contribution in [1.82, 2.24) is 15.0 Å². The van der Waals surface area contributed by atoms with Gasteiger partial charge in [-0.25, -0.2) is 4.98 Å². The van der Waals surface area contributed by atoms with Crippen molar-refractivity contribution in [3.8, 4) is 0 Å². The van der Waals surface area contributed by atoms with Crippen LogP contribution in [0.1, 0.15) is 17.6 Å². The average Bonchev–Trinajstić information content (AvgIpc) is 3.12. The number of hydrogen-bond donors (Lipinski definition) is 2. The summed E-state index contributed by atoms with van der Waals surface area (Å²) in [7, 11) is 3.26. The van der Waals surface area contributed by atoms with Crippen molar-refractivity contribution in [1.29, 1.82) is 0 Å². The zero-order valence-corrected chi connectivity index (χ0v) is 13.9. The van der Waals surface area contributed by atoms with Crippen molar-refractivity contribution in [3.05, 3.63) is 68.5 Å². The summed E-state index contributed by atoms with van der Waals surface area (Å²) in [6, 6.07) is 7.07. The van der Waals surface area contributed by atoms with Crippen LogP contribution in [0.4, 0.5) is 5.69 Å². The summed E-state index contributed by atoms with van der Waals surface area (Å²) in [4.78, 5) is 29.6. The molecule has 2 N–H and O–H groups in total. The molecule has 10 heteroatoms. The van der Waals surface area contributed by atoms with E-state index in [9.17, 15) is 20.0 Å². The first-order valence-electron chi connectivity index (χ1n) is 7.53. The molecule has 2 heterocycles. The molecule has 0 aliphatic rings. The van der Waals surface area contributed by atoms with E-state index in [-0.39, 0.29) is 28.4 Å². The highest BCUT2D eigenvalue weighted by Crippen LogP contribution is 2.20. The average molecular weight is 357 g/mol. The van der Waals surface area contributed by atoms with Gasteiger partial charge < -0.3 is 19.5 Å². The molecule has 26 heavy (non-hydrogen) atoms. The third kappa shape index (κ3) is 3.30. The Morgan fingerprint density at radius 2 is 2.19 bits per heavy atom. The maximum absolute atomic E-state index is 12.5. The molecule has 0 fully saturated rings. The Balaban J connectivity index is 2.16. The van der Waals surface area contributed by atoms with E-state index in [1.807, 2.05) is 0 Å². The van der Waals surface area contributed by atoms with Crippen LogP contribution in [0.5, 0.6) is 0 Å². The number of aromatic amines is 1. The molecule has 0 aliphatic heterocycles. The fourth-order valence-corrected chi connectivity index (χ4v) is 2.39. The Labute approximate surface area is 146 Å². The highest BCUT2D eigenvalue weighted by Gasteiger charge is 2.25. The number of fused-ring (bicyclic) bond motifs is 1. The molecular weight excluding hydrogens is 342 g/mol. The largest absolute Gasteiger partial charge is 0.466 e. The first-order valence-corrected chi connectivity index (χ1v) is 7.53. The van der Waals surface area contributed by atoms with Crippen molar-refractivity contribution in [2.75, 3.05) is 14.1 Å². The van der Waals surface area contributed by atoms with E-state index in [0.29, 0.717) is 5.52 Å². The van der Waals surface area contributed by atoms with Crippen molar-refractivity contribution in [3.63, 3.8) is 0 Å². The number of furan rings is 1. The van der Waals surface area contributed by atoms with Gasteiger partial charge in [0.05, 0.1) is 22.2 Å². The van der Waals surface area contributed by atoms with Crippen LogP contribution in [0.3, 0.4) is 0 Å². The minimum Gasteiger partial charge on any atom is -0.466 e.